The molecule has 5 heteroatoms. The fourth-order valence-electron chi connectivity index (χ4n) is 2.44. The highest BCUT2D eigenvalue weighted by Crippen LogP contribution is 2.29. The maximum Gasteiger partial charge on any atom is 0.303 e. The summed E-state index contributed by atoms with van der Waals surface area (Å²) in [6, 6.07) is 3.78. The number of hydrogen-bond acceptors (Lipinski definition) is 2. The molecule has 0 bridgehead atoms. The van der Waals surface area contributed by atoms with Crippen molar-refractivity contribution in [1.29, 1.82) is 0 Å². The van der Waals surface area contributed by atoms with Crippen molar-refractivity contribution in [2.24, 2.45) is 0 Å². The number of benzene rings is 1. The molecule has 0 aliphatic carbocycles. The summed E-state index contributed by atoms with van der Waals surface area (Å²) in [5.41, 5.74) is 2.40. The molecule has 0 unspecified atom stereocenters. The first-order valence-corrected chi connectivity index (χ1v) is 7.23. The number of carboxylic acids is 1. The molecule has 0 radical (unpaired) electrons. The number of halogens is 2. The highest BCUT2D eigenvalue weighted by Gasteiger charge is 2.18. The number of carboxylic acid groups (broad SMARTS) is 1. The summed E-state index contributed by atoms with van der Waals surface area (Å²) in [5, 5.41) is 10.0. The zero-order valence-corrected chi connectivity index (χ0v) is 12.2. The van der Waals surface area contributed by atoms with Crippen molar-refractivity contribution in [3.8, 4) is 0 Å². The molecule has 2 rings (SSSR count). The van der Waals surface area contributed by atoms with Crippen LogP contribution in [-0.2, 0) is 17.8 Å². The Hall–Kier alpha value is -0.770. The van der Waals surface area contributed by atoms with E-state index in [-0.39, 0.29) is 6.42 Å². The zero-order valence-electron chi connectivity index (χ0n) is 10.7. The van der Waals surface area contributed by atoms with Gasteiger partial charge in [0.1, 0.15) is 0 Å². The molecule has 0 amide bonds. The van der Waals surface area contributed by atoms with Crippen LogP contribution in [0.15, 0.2) is 12.1 Å². The van der Waals surface area contributed by atoms with Crippen LogP contribution in [0.5, 0.6) is 0 Å². The summed E-state index contributed by atoms with van der Waals surface area (Å²) >= 11 is 12.2. The van der Waals surface area contributed by atoms with Gasteiger partial charge in [0.15, 0.2) is 0 Å². The van der Waals surface area contributed by atoms with Gasteiger partial charge >= 0.3 is 5.97 Å². The number of carbonyl (C=O) groups is 1. The molecule has 0 aromatic heterocycles. The van der Waals surface area contributed by atoms with Crippen LogP contribution < -0.4 is 0 Å². The Morgan fingerprint density at radius 2 is 2.11 bits per heavy atom. The Morgan fingerprint density at radius 3 is 2.84 bits per heavy atom. The highest BCUT2D eigenvalue weighted by atomic mass is 35.5. The lowest BCUT2D eigenvalue weighted by atomic mass is 9.99. The van der Waals surface area contributed by atoms with Crippen molar-refractivity contribution in [2.75, 3.05) is 13.1 Å². The van der Waals surface area contributed by atoms with E-state index >= 15 is 0 Å². The van der Waals surface area contributed by atoms with Gasteiger partial charge in [-0.05, 0) is 49.1 Å². The van der Waals surface area contributed by atoms with Gasteiger partial charge in [-0.25, -0.2) is 0 Å². The van der Waals surface area contributed by atoms with Gasteiger partial charge in [-0.3, -0.25) is 9.69 Å². The van der Waals surface area contributed by atoms with E-state index in [1.165, 1.54) is 5.56 Å². The second-order valence-corrected chi connectivity index (χ2v) is 5.75. The summed E-state index contributed by atoms with van der Waals surface area (Å²) in [6.45, 7) is 2.74. The molecule has 0 atom stereocenters. The van der Waals surface area contributed by atoms with E-state index in [1.807, 2.05) is 6.07 Å². The fourth-order valence-corrected chi connectivity index (χ4v) is 3.04. The van der Waals surface area contributed by atoms with Crippen LogP contribution in [0.3, 0.4) is 0 Å². The molecule has 0 saturated carbocycles. The minimum atomic E-state index is -0.721. The number of aliphatic carboxylic acids is 1. The van der Waals surface area contributed by atoms with Gasteiger partial charge in [-0.1, -0.05) is 23.2 Å². The Kier molecular flexibility index (Phi) is 5.08. The molecular formula is C14H17Cl2NO2. The Labute approximate surface area is 123 Å². The molecular weight excluding hydrogens is 285 g/mol. The minimum absolute atomic E-state index is 0.251. The standard InChI is InChI=1S/C14H17Cl2NO2/c15-11-7-10-4-6-17(5-2-1-3-14(18)19)9-12(10)13(16)8-11/h7-8H,1-6,9H2,(H,18,19). The van der Waals surface area contributed by atoms with E-state index in [0.29, 0.717) is 5.02 Å². The second kappa shape index (κ2) is 6.60. The van der Waals surface area contributed by atoms with Gasteiger partial charge in [0.05, 0.1) is 0 Å². The van der Waals surface area contributed by atoms with E-state index in [1.54, 1.807) is 6.07 Å². The van der Waals surface area contributed by atoms with Gasteiger partial charge in [0, 0.05) is 29.6 Å². The van der Waals surface area contributed by atoms with Crippen LogP contribution in [-0.4, -0.2) is 29.1 Å². The van der Waals surface area contributed by atoms with Crippen molar-refractivity contribution in [2.45, 2.75) is 32.2 Å². The number of unbranched alkanes of at least 4 members (excludes halogenated alkanes) is 1. The van der Waals surface area contributed by atoms with Gasteiger partial charge < -0.3 is 5.11 Å². The summed E-state index contributed by atoms with van der Waals surface area (Å²) < 4.78 is 0. The highest BCUT2D eigenvalue weighted by molar-refractivity contribution is 6.35. The van der Waals surface area contributed by atoms with Crippen molar-refractivity contribution in [3.63, 3.8) is 0 Å². The maximum absolute atomic E-state index is 10.4. The third-order valence-electron chi connectivity index (χ3n) is 3.45. The Balaban J connectivity index is 1.89. The first-order valence-electron chi connectivity index (χ1n) is 6.47. The molecule has 1 heterocycles. The third kappa shape index (κ3) is 4.10. The van der Waals surface area contributed by atoms with Crippen molar-refractivity contribution < 1.29 is 9.90 Å². The average molecular weight is 302 g/mol. The van der Waals surface area contributed by atoms with E-state index in [9.17, 15) is 4.79 Å². The lowest BCUT2D eigenvalue weighted by Crippen LogP contribution is -2.31. The molecule has 1 aromatic carbocycles. The lowest BCUT2D eigenvalue weighted by molar-refractivity contribution is -0.137. The van der Waals surface area contributed by atoms with Crippen LogP contribution >= 0.6 is 23.2 Å². The Bertz CT molecular complexity index is 477. The van der Waals surface area contributed by atoms with Crippen LogP contribution in [0.1, 0.15) is 30.4 Å². The van der Waals surface area contributed by atoms with E-state index < -0.39 is 5.97 Å². The van der Waals surface area contributed by atoms with Crippen LogP contribution in [0, 0.1) is 0 Å². The summed E-state index contributed by atoms with van der Waals surface area (Å²) in [7, 11) is 0. The predicted molar refractivity (Wildman–Crippen MR) is 76.9 cm³/mol. The summed E-state index contributed by atoms with van der Waals surface area (Å²) in [4.78, 5) is 12.8. The normalized spacial score (nSPS) is 15.3. The number of rotatable bonds is 5. The molecule has 1 aliphatic rings. The number of fused-ring (bicyclic) bond motifs is 1. The SMILES string of the molecule is O=C(O)CCCCN1CCc2cc(Cl)cc(Cl)c2C1. The van der Waals surface area contributed by atoms with Crippen LogP contribution in [0.25, 0.3) is 0 Å². The molecule has 1 N–H and O–H groups in total. The molecule has 1 aliphatic heterocycles. The molecule has 0 saturated heterocycles. The summed E-state index contributed by atoms with van der Waals surface area (Å²) in [6.07, 6.45) is 2.84. The van der Waals surface area contributed by atoms with Crippen LogP contribution in [0.4, 0.5) is 0 Å². The van der Waals surface area contributed by atoms with E-state index in [0.717, 1.165) is 49.5 Å². The van der Waals surface area contributed by atoms with Crippen molar-refractivity contribution in [3.05, 3.63) is 33.3 Å². The topological polar surface area (TPSA) is 40.5 Å². The van der Waals surface area contributed by atoms with Gasteiger partial charge in [-0.2, -0.15) is 0 Å². The van der Waals surface area contributed by atoms with Gasteiger partial charge in [0.2, 0.25) is 0 Å². The fraction of sp³-hybridized carbons (Fsp3) is 0.500. The maximum atomic E-state index is 10.4. The third-order valence-corrected chi connectivity index (χ3v) is 4.00. The first kappa shape index (κ1) is 14.6. The average Bonchev–Trinajstić information content (AvgIpc) is 2.35. The quantitative estimate of drug-likeness (QED) is 0.845. The monoisotopic (exact) mass is 301 g/mol. The first-order chi connectivity index (χ1) is 9.06. The van der Waals surface area contributed by atoms with E-state index in [2.05, 4.69) is 4.90 Å². The minimum Gasteiger partial charge on any atom is -0.481 e. The van der Waals surface area contributed by atoms with Gasteiger partial charge in [0.25, 0.3) is 0 Å². The largest absolute Gasteiger partial charge is 0.481 e. The van der Waals surface area contributed by atoms with Crippen molar-refractivity contribution >= 4 is 29.2 Å². The number of nitrogens with zero attached hydrogens (tertiary/aromatic N) is 1. The lowest BCUT2D eigenvalue weighted by Gasteiger charge is -2.29. The Morgan fingerprint density at radius 1 is 1.32 bits per heavy atom. The smallest absolute Gasteiger partial charge is 0.303 e. The van der Waals surface area contributed by atoms with Crippen LogP contribution in [0.2, 0.25) is 10.0 Å². The van der Waals surface area contributed by atoms with E-state index in [4.69, 9.17) is 28.3 Å². The summed E-state index contributed by atoms with van der Waals surface area (Å²) in [5.74, 6) is -0.721. The molecule has 3 nitrogen and oxygen atoms in total. The van der Waals surface area contributed by atoms with Gasteiger partial charge in [-0.15, -0.1) is 0 Å². The molecule has 19 heavy (non-hydrogen) atoms. The molecule has 0 fully saturated rings. The predicted octanol–water partition coefficient (Wildman–Crippen LogP) is 3.61. The second-order valence-electron chi connectivity index (χ2n) is 4.90. The molecule has 1 aromatic rings. The molecule has 104 valence electrons. The molecule has 0 spiro atoms. The van der Waals surface area contributed by atoms with Crippen molar-refractivity contribution in [1.82, 2.24) is 4.90 Å². The number of hydrogen-bond donors (Lipinski definition) is 1. The zero-order chi connectivity index (χ0) is 13.8.